The lowest BCUT2D eigenvalue weighted by molar-refractivity contribution is -0.142. The fourth-order valence-electron chi connectivity index (χ4n) is 3.42. The van der Waals surface area contributed by atoms with Gasteiger partial charge in [-0.05, 0) is 56.8 Å². The topological polar surface area (TPSA) is 35.5 Å². The Morgan fingerprint density at radius 1 is 1.38 bits per heavy atom. The zero-order valence-corrected chi connectivity index (χ0v) is 16.8. The first-order valence-electron chi connectivity index (χ1n) is 8.37. The van der Waals surface area contributed by atoms with Crippen molar-refractivity contribution in [3.05, 3.63) is 24.0 Å². The number of ether oxygens (including phenoxy) is 2. The van der Waals surface area contributed by atoms with Crippen molar-refractivity contribution in [1.82, 2.24) is 0 Å². The number of hydrogen-bond acceptors (Lipinski definition) is 6. The van der Waals surface area contributed by atoms with Crippen molar-refractivity contribution < 1.29 is 14.3 Å². The van der Waals surface area contributed by atoms with E-state index in [1.165, 1.54) is 36.4 Å². The number of allylic oxidation sites excluding steroid dienone is 2. The van der Waals surface area contributed by atoms with Gasteiger partial charge in [-0.2, -0.15) is 0 Å². The highest BCUT2D eigenvalue weighted by molar-refractivity contribution is 8.47. The summed E-state index contributed by atoms with van der Waals surface area (Å²) in [4.78, 5) is 12.3. The molecule has 24 heavy (non-hydrogen) atoms. The molecule has 2 bridgehead atoms. The summed E-state index contributed by atoms with van der Waals surface area (Å²) in [5.41, 5.74) is 0. The van der Waals surface area contributed by atoms with Gasteiger partial charge in [0, 0.05) is 6.42 Å². The molecular formula is C18H24O3S3. The number of thiocarbonyl (C=S) groups is 1. The van der Waals surface area contributed by atoms with Gasteiger partial charge < -0.3 is 9.47 Å². The quantitative estimate of drug-likeness (QED) is 0.379. The molecule has 0 spiro atoms. The Bertz CT molecular complexity index is 582. The van der Waals surface area contributed by atoms with Crippen LogP contribution in [0.4, 0.5) is 0 Å². The summed E-state index contributed by atoms with van der Waals surface area (Å²) in [7, 11) is 0. The summed E-state index contributed by atoms with van der Waals surface area (Å²) in [6.45, 7) is 4.51. The first kappa shape index (κ1) is 18.5. The number of fused-ring (bicyclic) bond motifs is 2. The van der Waals surface area contributed by atoms with Gasteiger partial charge >= 0.3 is 5.97 Å². The van der Waals surface area contributed by atoms with Gasteiger partial charge in [-0.15, -0.1) is 11.8 Å². The van der Waals surface area contributed by atoms with Crippen molar-refractivity contribution in [2.75, 3.05) is 12.9 Å². The maximum atomic E-state index is 12.3. The van der Waals surface area contributed by atoms with Gasteiger partial charge in [0.25, 0.3) is 0 Å². The van der Waals surface area contributed by atoms with E-state index in [1.807, 2.05) is 26.2 Å². The molecule has 1 fully saturated rings. The van der Waals surface area contributed by atoms with Gasteiger partial charge in [-0.1, -0.05) is 36.1 Å². The molecule has 3 aliphatic carbocycles. The molecule has 0 radical (unpaired) electrons. The van der Waals surface area contributed by atoms with E-state index in [0.29, 0.717) is 12.3 Å². The summed E-state index contributed by atoms with van der Waals surface area (Å²) < 4.78 is 11.5. The summed E-state index contributed by atoms with van der Waals surface area (Å²) in [6.07, 6.45) is 11.9. The molecule has 1 saturated carbocycles. The Balaban J connectivity index is 1.40. The van der Waals surface area contributed by atoms with Crippen LogP contribution >= 0.6 is 35.7 Å². The highest BCUT2D eigenvalue weighted by atomic mass is 32.2. The summed E-state index contributed by atoms with van der Waals surface area (Å²) >= 11 is 8.04. The third-order valence-electron chi connectivity index (χ3n) is 4.94. The van der Waals surface area contributed by atoms with E-state index >= 15 is 0 Å². The van der Waals surface area contributed by atoms with Gasteiger partial charge in [0.2, 0.25) is 0 Å². The molecule has 0 aromatic carbocycles. The summed E-state index contributed by atoms with van der Waals surface area (Å²) in [6, 6.07) is 0. The van der Waals surface area contributed by atoms with Crippen LogP contribution in [0.2, 0.25) is 0 Å². The Labute approximate surface area is 158 Å². The van der Waals surface area contributed by atoms with Crippen molar-refractivity contribution in [2.24, 2.45) is 17.8 Å². The van der Waals surface area contributed by atoms with E-state index < -0.39 is 4.75 Å². The molecule has 0 saturated heterocycles. The van der Waals surface area contributed by atoms with Gasteiger partial charge in [-0.25, -0.2) is 0 Å². The van der Waals surface area contributed by atoms with E-state index in [9.17, 15) is 4.79 Å². The van der Waals surface area contributed by atoms with Gasteiger partial charge in [-0.3, -0.25) is 4.79 Å². The molecule has 4 atom stereocenters. The van der Waals surface area contributed by atoms with Crippen LogP contribution in [0.25, 0.3) is 0 Å². The minimum absolute atomic E-state index is 0.0962. The predicted molar refractivity (Wildman–Crippen MR) is 105 cm³/mol. The van der Waals surface area contributed by atoms with E-state index in [2.05, 4.69) is 12.2 Å². The molecule has 3 aliphatic rings. The van der Waals surface area contributed by atoms with E-state index in [-0.39, 0.29) is 12.1 Å². The van der Waals surface area contributed by atoms with Crippen LogP contribution in [0.1, 0.15) is 33.1 Å². The minimum Gasteiger partial charge on any atom is -0.430 e. The molecular weight excluding hydrogens is 360 g/mol. The van der Waals surface area contributed by atoms with E-state index in [0.717, 1.165) is 27.7 Å². The maximum Gasteiger partial charge on any atom is 0.327 e. The fourth-order valence-corrected chi connectivity index (χ4v) is 5.55. The second kappa shape index (κ2) is 7.52. The number of rotatable bonds is 6. The zero-order valence-electron chi connectivity index (χ0n) is 14.3. The maximum absolute atomic E-state index is 12.3. The second-order valence-corrected chi connectivity index (χ2v) is 10.8. The number of carbonyl (C=O) groups excluding carboxylic acids is 1. The second-order valence-electron chi connectivity index (χ2n) is 7.21. The molecule has 3 nitrogen and oxygen atoms in total. The first-order valence-corrected chi connectivity index (χ1v) is 10.8. The molecule has 0 amide bonds. The lowest BCUT2D eigenvalue weighted by Crippen LogP contribution is -2.33. The highest BCUT2D eigenvalue weighted by Crippen LogP contribution is 2.44. The third kappa shape index (κ3) is 4.26. The van der Waals surface area contributed by atoms with Gasteiger partial charge in [0.1, 0.15) is 14.0 Å². The van der Waals surface area contributed by atoms with Gasteiger partial charge in [0.15, 0.2) is 0 Å². The molecule has 3 rings (SSSR count). The summed E-state index contributed by atoms with van der Waals surface area (Å²) in [5, 5.41) is 0. The average Bonchev–Trinajstić information content (AvgIpc) is 3.11. The van der Waals surface area contributed by atoms with E-state index in [1.54, 1.807) is 0 Å². The van der Waals surface area contributed by atoms with Crippen LogP contribution in [-0.2, 0) is 14.3 Å². The van der Waals surface area contributed by atoms with Crippen LogP contribution < -0.4 is 0 Å². The SMILES string of the molecule is CSC(=S)SC(C)(C)C(=O)OC1=CC(OCC2CC3C=CC2C3)C1. The molecule has 4 unspecified atom stereocenters. The molecule has 0 aromatic heterocycles. The van der Waals surface area contributed by atoms with Crippen molar-refractivity contribution in [3.63, 3.8) is 0 Å². The number of hydrogen-bond donors (Lipinski definition) is 0. The molecule has 0 aliphatic heterocycles. The lowest BCUT2D eigenvalue weighted by atomic mass is 9.94. The monoisotopic (exact) mass is 384 g/mol. The van der Waals surface area contributed by atoms with Gasteiger partial charge in [0.05, 0.1) is 12.7 Å². The number of esters is 1. The van der Waals surface area contributed by atoms with Crippen molar-refractivity contribution in [1.29, 1.82) is 0 Å². The molecule has 132 valence electrons. The minimum atomic E-state index is -0.664. The predicted octanol–water partition coefficient (Wildman–Crippen LogP) is 4.57. The number of thioether (sulfide) groups is 2. The largest absolute Gasteiger partial charge is 0.430 e. The Hall–Kier alpha value is -0.300. The van der Waals surface area contributed by atoms with Crippen LogP contribution in [0.15, 0.2) is 24.0 Å². The lowest BCUT2D eigenvalue weighted by Gasteiger charge is -2.29. The third-order valence-corrected chi connectivity index (χ3v) is 7.61. The van der Waals surface area contributed by atoms with Crippen LogP contribution in [0, 0.1) is 17.8 Å². The Morgan fingerprint density at radius 3 is 2.71 bits per heavy atom. The highest BCUT2D eigenvalue weighted by Gasteiger charge is 2.37. The molecule has 0 N–H and O–H groups in total. The summed E-state index contributed by atoms with van der Waals surface area (Å²) in [5.74, 6) is 2.65. The first-order chi connectivity index (χ1) is 11.4. The zero-order chi connectivity index (χ0) is 17.3. The van der Waals surface area contributed by atoms with Crippen molar-refractivity contribution in [3.8, 4) is 0 Å². The molecule has 0 aromatic rings. The van der Waals surface area contributed by atoms with Crippen LogP contribution in [-0.4, -0.2) is 33.2 Å². The molecule has 0 heterocycles. The number of carbonyl (C=O) groups is 1. The standard InChI is InChI=1S/C18H24O3S3/c1-18(2,24-17(22)23-3)16(19)21-15-8-14(9-15)20-10-13-7-11-4-5-12(13)6-11/h4-5,8,11-14H,6-7,9-10H2,1-3H3. The van der Waals surface area contributed by atoms with Crippen LogP contribution in [0.3, 0.4) is 0 Å². The molecule has 6 heteroatoms. The Morgan fingerprint density at radius 2 is 2.12 bits per heavy atom. The Kier molecular flexibility index (Phi) is 5.79. The normalized spacial score (nSPS) is 30.9. The average molecular weight is 385 g/mol. The van der Waals surface area contributed by atoms with Crippen molar-refractivity contribution >= 4 is 45.2 Å². The van der Waals surface area contributed by atoms with E-state index in [4.69, 9.17) is 21.7 Å². The smallest absolute Gasteiger partial charge is 0.327 e. The fraction of sp³-hybridized carbons (Fsp3) is 0.667. The van der Waals surface area contributed by atoms with Crippen molar-refractivity contribution in [2.45, 2.75) is 44.0 Å². The van der Waals surface area contributed by atoms with Crippen LogP contribution in [0.5, 0.6) is 0 Å².